The molecule has 0 radical (unpaired) electrons. The van der Waals surface area contributed by atoms with Crippen molar-refractivity contribution in [1.82, 2.24) is 4.31 Å². The van der Waals surface area contributed by atoms with Gasteiger partial charge in [0.1, 0.15) is 4.90 Å². The van der Waals surface area contributed by atoms with Crippen LogP contribution in [0.2, 0.25) is 0 Å². The van der Waals surface area contributed by atoms with Gasteiger partial charge in [-0.05, 0) is 55.8 Å². The van der Waals surface area contributed by atoms with Crippen molar-refractivity contribution >= 4 is 47.6 Å². The molecule has 0 aliphatic carbocycles. The van der Waals surface area contributed by atoms with Crippen LogP contribution in [-0.4, -0.2) is 25.8 Å². The molecule has 1 aromatic rings. The molecule has 7 heteroatoms. The van der Waals surface area contributed by atoms with Gasteiger partial charge in [0.25, 0.3) is 0 Å². The lowest BCUT2D eigenvalue weighted by molar-refractivity contribution is 0.462. The SMILES string of the molecule is CC1CN(S(=O)(=O)c2c(Br)cc(N)cc2Br)CC1C. The Balaban J connectivity index is 2.47. The summed E-state index contributed by atoms with van der Waals surface area (Å²) in [6, 6.07) is 3.22. The first-order valence-electron chi connectivity index (χ1n) is 5.98. The molecule has 1 aliphatic heterocycles. The van der Waals surface area contributed by atoms with E-state index in [1.165, 1.54) is 0 Å². The molecule has 0 saturated carbocycles. The number of hydrogen-bond acceptors (Lipinski definition) is 3. The second kappa shape index (κ2) is 5.35. The van der Waals surface area contributed by atoms with Crippen LogP contribution >= 0.6 is 31.9 Å². The quantitative estimate of drug-likeness (QED) is 0.760. The molecule has 0 spiro atoms. The Labute approximate surface area is 130 Å². The van der Waals surface area contributed by atoms with Crippen molar-refractivity contribution in [3.63, 3.8) is 0 Å². The van der Waals surface area contributed by atoms with E-state index in [1.54, 1.807) is 16.4 Å². The van der Waals surface area contributed by atoms with Gasteiger partial charge in [0, 0.05) is 27.7 Å². The Hall–Kier alpha value is -0.110. The maximum Gasteiger partial charge on any atom is 0.245 e. The maximum absolute atomic E-state index is 12.7. The van der Waals surface area contributed by atoms with Crippen molar-refractivity contribution in [2.75, 3.05) is 18.8 Å². The summed E-state index contributed by atoms with van der Waals surface area (Å²) in [6.45, 7) is 5.28. The minimum absolute atomic E-state index is 0.253. The highest BCUT2D eigenvalue weighted by Crippen LogP contribution is 2.36. The number of nitrogen functional groups attached to an aromatic ring is 1. The summed E-state index contributed by atoms with van der Waals surface area (Å²) in [5, 5.41) is 0. The third-order valence-corrected chi connectivity index (χ3v) is 7.28. The molecule has 106 valence electrons. The van der Waals surface area contributed by atoms with Crippen LogP contribution in [0.3, 0.4) is 0 Å². The number of hydrogen-bond donors (Lipinski definition) is 1. The van der Waals surface area contributed by atoms with Crippen LogP contribution in [0.5, 0.6) is 0 Å². The van der Waals surface area contributed by atoms with Gasteiger partial charge >= 0.3 is 0 Å². The van der Waals surface area contributed by atoms with Gasteiger partial charge in [0.05, 0.1) is 0 Å². The summed E-state index contributed by atoms with van der Waals surface area (Å²) in [4.78, 5) is 0.253. The van der Waals surface area contributed by atoms with E-state index < -0.39 is 10.0 Å². The highest BCUT2D eigenvalue weighted by atomic mass is 79.9. The highest BCUT2D eigenvalue weighted by molar-refractivity contribution is 9.11. The average Bonchev–Trinajstić information content (AvgIpc) is 2.57. The predicted octanol–water partition coefficient (Wildman–Crippen LogP) is 3.07. The van der Waals surface area contributed by atoms with Crippen LogP contribution in [0.25, 0.3) is 0 Å². The van der Waals surface area contributed by atoms with E-state index >= 15 is 0 Å². The third-order valence-electron chi connectivity index (χ3n) is 3.57. The molecule has 2 unspecified atom stereocenters. The predicted molar refractivity (Wildman–Crippen MR) is 83.3 cm³/mol. The minimum atomic E-state index is -3.50. The Morgan fingerprint density at radius 3 is 2.00 bits per heavy atom. The number of anilines is 1. The monoisotopic (exact) mass is 410 g/mol. The van der Waals surface area contributed by atoms with Gasteiger partial charge in [-0.15, -0.1) is 0 Å². The third kappa shape index (κ3) is 2.84. The summed E-state index contributed by atoms with van der Waals surface area (Å²) in [7, 11) is -3.50. The van der Waals surface area contributed by atoms with Gasteiger partial charge in [-0.2, -0.15) is 4.31 Å². The highest BCUT2D eigenvalue weighted by Gasteiger charge is 2.36. The maximum atomic E-state index is 12.7. The summed E-state index contributed by atoms with van der Waals surface area (Å²) in [6.07, 6.45) is 0. The van der Waals surface area contributed by atoms with Gasteiger partial charge in [-0.25, -0.2) is 8.42 Å². The molecule has 1 aromatic carbocycles. The second-order valence-electron chi connectivity index (χ2n) is 5.09. The fourth-order valence-electron chi connectivity index (χ4n) is 2.23. The van der Waals surface area contributed by atoms with Crippen LogP contribution in [0.4, 0.5) is 5.69 Å². The van der Waals surface area contributed by atoms with E-state index in [1.807, 2.05) is 0 Å². The smallest absolute Gasteiger partial charge is 0.245 e. The summed E-state index contributed by atoms with van der Waals surface area (Å²) in [5.74, 6) is 0.752. The summed E-state index contributed by atoms with van der Waals surface area (Å²) < 4.78 is 27.9. The largest absolute Gasteiger partial charge is 0.399 e. The van der Waals surface area contributed by atoms with Crippen molar-refractivity contribution in [2.24, 2.45) is 11.8 Å². The summed E-state index contributed by atoms with van der Waals surface area (Å²) in [5.41, 5.74) is 6.22. The van der Waals surface area contributed by atoms with Crippen molar-refractivity contribution in [2.45, 2.75) is 18.7 Å². The molecular weight excluding hydrogens is 396 g/mol. The number of rotatable bonds is 2. The molecular formula is C12H16Br2N2O2S. The van der Waals surface area contributed by atoms with Crippen LogP contribution in [0.15, 0.2) is 26.0 Å². The van der Waals surface area contributed by atoms with E-state index in [0.717, 1.165) is 0 Å². The number of nitrogens with zero attached hydrogens (tertiary/aromatic N) is 1. The molecule has 4 nitrogen and oxygen atoms in total. The van der Waals surface area contributed by atoms with E-state index in [0.29, 0.717) is 39.6 Å². The van der Waals surface area contributed by atoms with Crippen molar-refractivity contribution in [3.8, 4) is 0 Å². The lowest BCUT2D eigenvalue weighted by atomic mass is 10.0. The van der Waals surface area contributed by atoms with Gasteiger partial charge in [0.2, 0.25) is 10.0 Å². The Kier molecular flexibility index (Phi) is 4.30. The van der Waals surface area contributed by atoms with Crippen LogP contribution in [0.1, 0.15) is 13.8 Å². The molecule has 2 N–H and O–H groups in total. The Morgan fingerprint density at radius 2 is 1.58 bits per heavy atom. The first-order valence-corrected chi connectivity index (χ1v) is 9.00. The van der Waals surface area contributed by atoms with Crippen LogP contribution in [0, 0.1) is 11.8 Å². The molecule has 1 saturated heterocycles. The molecule has 1 fully saturated rings. The van der Waals surface area contributed by atoms with E-state index in [4.69, 9.17) is 5.73 Å². The molecule has 2 atom stereocenters. The van der Waals surface area contributed by atoms with Gasteiger partial charge in [-0.1, -0.05) is 13.8 Å². The fraction of sp³-hybridized carbons (Fsp3) is 0.500. The fourth-order valence-corrected chi connectivity index (χ4v) is 6.41. The Morgan fingerprint density at radius 1 is 1.16 bits per heavy atom. The zero-order valence-electron chi connectivity index (χ0n) is 10.7. The first kappa shape index (κ1) is 15.3. The number of sulfonamides is 1. The summed E-state index contributed by atoms with van der Waals surface area (Å²) >= 11 is 6.59. The molecule has 2 rings (SSSR count). The van der Waals surface area contributed by atoms with Crippen molar-refractivity contribution in [1.29, 1.82) is 0 Å². The van der Waals surface area contributed by atoms with E-state index in [2.05, 4.69) is 45.7 Å². The lowest BCUT2D eigenvalue weighted by Crippen LogP contribution is -2.29. The number of benzene rings is 1. The van der Waals surface area contributed by atoms with Gasteiger partial charge in [0.15, 0.2) is 0 Å². The van der Waals surface area contributed by atoms with Crippen LogP contribution in [-0.2, 0) is 10.0 Å². The standard InChI is InChI=1S/C12H16Br2N2O2S/c1-7-5-16(6-8(7)2)19(17,18)12-10(13)3-9(15)4-11(12)14/h3-4,7-8H,5-6,15H2,1-2H3. The number of nitrogens with two attached hydrogens (primary N) is 1. The first-order chi connectivity index (χ1) is 8.73. The average molecular weight is 412 g/mol. The molecule has 0 amide bonds. The molecule has 19 heavy (non-hydrogen) atoms. The Bertz CT molecular complexity index is 571. The number of halogens is 2. The zero-order chi connectivity index (χ0) is 14.4. The normalized spacial score (nSPS) is 24.8. The molecule has 1 heterocycles. The van der Waals surface area contributed by atoms with Crippen molar-refractivity contribution < 1.29 is 8.42 Å². The van der Waals surface area contributed by atoms with Crippen LogP contribution < -0.4 is 5.73 Å². The molecule has 1 aliphatic rings. The van der Waals surface area contributed by atoms with Crippen molar-refractivity contribution in [3.05, 3.63) is 21.1 Å². The second-order valence-corrected chi connectivity index (χ2v) is 8.67. The van der Waals surface area contributed by atoms with Gasteiger partial charge < -0.3 is 5.73 Å². The minimum Gasteiger partial charge on any atom is -0.399 e. The van der Waals surface area contributed by atoms with Gasteiger partial charge in [-0.3, -0.25) is 0 Å². The molecule has 0 aromatic heterocycles. The zero-order valence-corrected chi connectivity index (χ0v) is 14.7. The van der Waals surface area contributed by atoms with E-state index in [-0.39, 0.29) is 4.90 Å². The topological polar surface area (TPSA) is 63.4 Å². The molecule has 0 bridgehead atoms. The van der Waals surface area contributed by atoms with E-state index in [9.17, 15) is 8.42 Å². The lowest BCUT2D eigenvalue weighted by Gasteiger charge is -2.18.